The van der Waals surface area contributed by atoms with Gasteiger partial charge in [0.15, 0.2) is 0 Å². The van der Waals surface area contributed by atoms with Gasteiger partial charge in [-0.25, -0.2) is 5.43 Å². The minimum absolute atomic E-state index is 0.0861. The lowest BCUT2D eigenvalue weighted by Gasteiger charge is -2.15. The second-order valence-corrected chi connectivity index (χ2v) is 6.85. The van der Waals surface area contributed by atoms with E-state index in [1.54, 1.807) is 0 Å². The lowest BCUT2D eigenvalue weighted by Crippen LogP contribution is -2.32. The van der Waals surface area contributed by atoms with E-state index in [4.69, 9.17) is 0 Å². The molecule has 1 saturated carbocycles. The fourth-order valence-corrected chi connectivity index (χ4v) is 3.34. The topological polar surface area (TPSA) is 61.8 Å². The van der Waals surface area contributed by atoms with Gasteiger partial charge in [-0.05, 0) is 12.8 Å². The van der Waals surface area contributed by atoms with Gasteiger partial charge >= 0.3 is 0 Å². The van der Waals surface area contributed by atoms with Crippen molar-refractivity contribution >= 4 is 17.5 Å². The Balaban J connectivity index is 1.52. The van der Waals surface area contributed by atoms with Crippen molar-refractivity contribution in [2.24, 2.45) is 11.0 Å². The van der Waals surface area contributed by atoms with Crippen LogP contribution < -0.4 is 5.43 Å². The molecule has 5 heteroatoms. The number of carbonyl (C=O) groups excluding carboxylic acids is 2. The van der Waals surface area contributed by atoms with E-state index >= 15 is 0 Å². The van der Waals surface area contributed by atoms with Gasteiger partial charge < -0.3 is 4.90 Å². The first-order valence-corrected chi connectivity index (χ1v) is 9.00. The fourth-order valence-electron chi connectivity index (χ4n) is 3.34. The van der Waals surface area contributed by atoms with Gasteiger partial charge in [-0.15, -0.1) is 0 Å². The Labute approximate surface area is 152 Å². The number of nitrogens with zero attached hydrogens (tertiary/aromatic N) is 2. The maximum absolute atomic E-state index is 12.5. The molecule has 1 atom stereocenters. The van der Waals surface area contributed by atoms with Crippen LogP contribution >= 0.6 is 0 Å². The normalized spacial score (nSPS) is 19.3. The third kappa shape index (κ3) is 3.52. The van der Waals surface area contributed by atoms with Crippen LogP contribution in [0.4, 0.5) is 0 Å². The Morgan fingerprint density at radius 1 is 0.962 bits per heavy atom. The maximum Gasteiger partial charge on any atom is 0.245 e. The molecule has 2 fully saturated rings. The molecule has 2 aromatic rings. The summed E-state index contributed by atoms with van der Waals surface area (Å²) in [5.41, 5.74) is 5.27. The van der Waals surface area contributed by atoms with Crippen LogP contribution in [0.5, 0.6) is 0 Å². The Bertz CT molecular complexity index is 787. The van der Waals surface area contributed by atoms with Crippen LogP contribution in [0, 0.1) is 5.92 Å². The molecule has 26 heavy (non-hydrogen) atoms. The number of likely N-dealkylation sites (tertiary alicyclic amines) is 1. The van der Waals surface area contributed by atoms with E-state index in [0.717, 1.165) is 24.0 Å². The van der Waals surface area contributed by atoms with Crippen molar-refractivity contribution in [1.82, 2.24) is 10.3 Å². The number of benzene rings is 2. The first kappa shape index (κ1) is 16.5. The molecule has 4 rings (SSSR count). The lowest BCUT2D eigenvalue weighted by molar-refractivity contribution is -0.129. The van der Waals surface area contributed by atoms with Crippen molar-refractivity contribution in [3.8, 4) is 0 Å². The van der Waals surface area contributed by atoms with Crippen molar-refractivity contribution in [2.75, 3.05) is 6.54 Å². The molecule has 1 heterocycles. The quantitative estimate of drug-likeness (QED) is 0.667. The molecule has 1 unspecified atom stereocenters. The summed E-state index contributed by atoms with van der Waals surface area (Å²) in [5.74, 6) is -0.423. The molecule has 132 valence electrons. The van der Waals surface area contributed by atoms with E-state index in [1.807, 2.05) is 65.6 Å². The summed E-state index contributed by atoms with van der Waals surface area (Å²) in [6.45, 7) is 0.511. The molecule has 1 aliphatic heterocycles. The number of hydrogen-bond donors (Lipinski definition) is 1. The van der Waals surface area contributed by atoms with E-state index in [0.29, 0.717) is 18.3 Å². The molecular formula is C21H21N3O2. The van der Waals surface area contributed by atoms with Gasteiger partial charge in [0.2, 0.25) is 11.8 Å². The second-order valence-electron chi connectivity index (χ2n) is 6.85. The third-order valence-electron chi connectivity index (χ3n) is 4.89. The molecule has 1 N–H and O–H groups in total. The molecule has 1 saturated heterocycles. The van der Waals surface area contributed by atoms with Crippen LogP contribution in [0.25, 0.3) is 0 Å². The summed E-state index contributed by atoms with van der Waals surface area (Å²) in [4.78, 5) is 26.5. The van der Waals surface area contributed by atoms with Crippen LogP contribution in [-0.2, 0) is 9.59 Å². The number of amides is 2. The van der Waals surface area contributed by atoms with E-state index in [9.17, 15) is 9.59 Å². The predicted octanol–water partition coefficient (Wildman–Crippen LogP) is 2.57. The van der Waals surface area contributed by atoms with Crippen LogP contribution in [0.15, 0.2) is 65.8 Å². The smallest absolute Gasteiger partial charge is 0.245 e. The van der Waals surface area contributed by atoms with Crippen molar-refractivity contribution < 1.29 is 9.59 Å². The van der Waals surface area contributed by atoms with Gasteiger partial charge in [0.05, 0.1) is 11.6 Å². The molecular weight excluding hydrogens is 326 g/mol. The van der Waals surface area contributed by atoms with E-state index in [2.05, 4.69) is 10.5 Å². The number of hydrogen-bond acceptors (Lipinski definition) is 3. The van der Waals surface area contributed by atoms with Gasteiger partial charge in [-0.2, -0.15) is 5.10 Å². The number of carbonyl (C=O) groups is 2. The molecule has 0 aromatic heterocycles. The molecule has 2 aliphatic rings. The fraction of sp³-hybridized carbons (Fsp3) is 0.286. The molecule has 5 nitrogen and oxygen atoms in total. The first-order chi connectivity index (χ1) is 12.7. The second kappa shape index (κ2) is 7.12. The molecule has 0 bridgehead atoms. The Morgan fingerprint density at radius 3 is 2.08 bits per heavy atom. The SMILES string of the molecule is O=C(NN=C(c1ccccc1)c1ccccc1)C1CC(=O)N(C2CC2)C1. The molecule has 2 amide bonds. The maximum atomic E-state index is 12.5. The largest absolute Gasteiger partial charge is 0.339 e. The van der Waals surface area contributed by atoms with Gasteiger partial charge in [0, 0.05) is 30.1 Å². The zero-order chi connectivity index (χ0) is 17.9. The van der Waals surface area contributed by atoms with E-state index in [-0.39, 0.29) is 24.2 Å². The summed E-state index contributed by atoms with van der Waals surface area (Å²) < 4.78 is 0. The lowest BCUT2D eigenvalue weighted by atomic mass is 10.0. The van der Waals surface area contributed by atoms with E-state index < -0.39 is 0 Å². The Hall–Kier alpha value is -2.95. The van der Waals surface area contributed by atoms with Gasteiger partial charge in [-0.3, -0.25) is 9.59 Å². The van der Waals surface area contributed by atoms with Crippen LogP contribution in [-0.4, -0.2) is 35.0 Å². The zero-order valence-electron chi connectivity index (χ0n) is 14.5. The average molecular weight is 347 g/mol. The van der Waals surface area contributed by atoms with Gasteiger partial charge in [-0.1, -0.05) is 60.7 Å². The molecule has 1 aliphatic carbocycles. The van der Waals surface area contributed by atoms with Gasteiger partial charge in [0.25, 0.3) is 0 Å². The van der Waals surface area contributed by atoms with Gasteiger partial charge in [0.1, 0.15) is 0 Å². The monoisotopic (exact) mass is 347 g/mol. The highest BCUT2D eigenvalue weighted by Gasteiger charge is 2.41. The zero-order valence-corrected chi connectivity index (χ0v) is 14.5. The van der Waals surface area contributed by atoms with Crippen molar-refractivity contribution in [3.05, 3.63) is 71.8 Å². The van der Waals surface area contributed by atoms with E-state index in [1.165, 1.54) is 0 Å². The van der Waals surface area contributed by atoms with Crippen LogP contribution in [0.2, 0.25) is 0 Å². The van der Waals surface area contributed by atoms with Crippen LogP contribution in [0.1, 0.15) is 30.4 Å². The summed E-state index contributed by atoms with van der Waals surface area (Å²) in [6.07, 6.45) is 2.40. The minimum atomic E-state index is -0.320. The van der Waals surface area contributed by atoms with Crippen molar-refractivity contribution in [2.45, 2.75) is 25.3 Å². The number of hydrazone groups is 1. The summed E-state index contributed by atoms with van der Waals surface area (Å²) >= 11 is 0. The highest BCUT2D eigenvalue weighted by Crippen LogP contribution is 2.32. The average Bonchev–Trinajstić information content (AvgIpc) is 3.45. The Morgan fingerprint density at radius 2 is 1.54 bits per heavy atom. The number of nitrogens with one attached hydrogen (secondary N) is 1. The highest BCUT2D eigenvalue weighted by molar-refractivity contribution is 6.13. The molecule has 2 aromatic carbocycles. The number of rotatable bonds is 5. The molecule has 0 radical (unpaired) electrons. The van der Waals surface area contributed by atoms with Crippen molar-refractivity contribution in [3.63, 3.8) is 0 Å². The van der Waals surface area contributed by atoms with Crippen LogP contribution in [0.3, 0.4) is 0 Å². The highest BCUT2D eigenvalue weighted by atomic mass is 16.2. The summed E-state index contributed by atoms with van der Waals surface area (Å²) in [5, 5.41) is 4.41. The summed E-state index contributed by atoms with van der Waals surface area (Å²) in [6, 6.07) is 19.9. The minimum Gasteiger partial charge on any atom is -0.339 e. The third-order valence-corrected chi connectivity index (χ3v) is 4.89. The standard InChI is InChI=1S/C21H21N3O2/c25-19-13-17(14-24(19)18-11-12-18)21(26)23-22-20(15-7-3-1-4-8-15)16-9-5-2-6-10-16/h1-10,17-18H,11-14H2,(H,23,26). The molecule has 0 spiro atoms. The Kier molecular flexibility index (Phi) is 4.52. The van der Waals surface area contributed by atoms with Crippen molar-refractivity contribution in [1.29, 1.82) is 0 Å². The predicted molar refractivity (Wildman–Crippen MR) is 99.5 cm³/mol. The first-order valence-electron chi connectivity index (χ1n) is 9.00. The summed E-state index contributed by atoms with van der Waals surface area (Å²) in [7, 11) is 0.